The van der Waals surface area contributed by atoms with Crippen LogP contribution in [0.4, 0.5) is 0 Å². The van der Waals surface area contributed by atoms with E-state index in [1.54, 1.807) is 17.4 Å². The van der Waals surface area contributed by atoms with Crippen LogP contribution in [0.1, 0.15) is 47.0 Å². The zero-order valence-corrected chi connectivity index (χ0v) is 14.7. The van der Waals surface area contributed by atoms with E-state index in [1.807, 2.05) is 6.07 Å². The highest BCUT2D eigenvalue weighted by atomic mass is 79.9. The van der Waals surface area contributed by atoms with Gasteiger partial charge in [0.25, 0.3) is 0 Å². The van der Waals surface area contributed by atoms with Gasteiger partial charge < -0.3 is 9.84 Å². The molecular weight excluding hydrogens is 366 g/mol. The molecule has 0 saturated heterocycles. The van der Waals surface area contributed by atoms with Gasteiger partial charge in [-0.3, -0.25) is 0 Å². The molecule has 1 aliphatic carbocycles. The van der Waals surface area contributed by atoms with Crippen molar-refractivity contribution in [3.63, 3.8) is 0 Å². The van der Waals surface area contributed by atoms with Crippen LogP contribution in [0.15, 0.2) is 16.6 Å². The fourth-order valence-electron chi connectivity index (χ4n) is 3.05. The molecule has 1 saturated carbocycles. The largest absolute Gasteiger partial charge is 0.465 e. The molecule has 118 valence electrons. The molecular formula is C16H18BrNO3S. The Kier molecular flexibility index (Phi) is 4.80. The van der Waals surface area contributed by atoms with Gasteiger partial charge in [0.1, 0.15) is 0 Å². The molecule has 0 unspecified atom stereocenters. The van der Waals surface area contributed by atoms with E-state index in [-0.39, 0.29) is 12.6 Å². The third kappa shape index (κ3) is 3.05. The smallest absolute Gasteiger partial charge is 0.340 e. The first-order valence-electron chi connectivity index (χ1n) is 7.41. The molecule has 1 aromatic heterocycles. The van der Waals surface area contributed by atoms with Crippen LogP contribution in [-0.4, -0.2) is 29.8 Å². The Morgan fingerprint density at radius 2 is 2.14 bits per heavy atom. The summed E-state index contributed by atoms with van der Waals surface area (Å²) >= 11 is 5.10. The van der Waals surface area contributed by atoms with Crippen molar-refractivity contribution in [1.82, 2.24) is 4.98 Å². The van der Waals surface area contributed by atoms with Crippen molar-refractivity contribution in [2.75, 3.05) is 13.7 Å². The van der Waals surface area contributed by atoms with Crippen molar-refractivity contribution in [1.29, 1.82) is 0 Å². The summed E-state index contributed by atoms with van der Waals surface area (Å²) in [6, 6.07) is 3.77. The minimum atomic E-state index is -0.355. The van der Waals surface area contributed by atoms with Gasteiger partial charge in [0.05, 0.1) is 27.9 Å². The van der Waals surface area contributed by atoms with E-state index >= 15 is 0 Å². The number of hydrogen-bond donors (Lipinski definition) is 1. The van der Waals surface area contributed by atoms with Crippen molar-refractivity contribution in [3.8, 4) is 0 Å². The average Bonchev–Trinajstić information content (AvgIpc) is 2.97. The highest BCUT2D eigenvalue weighted by molar-refractivity contribution is 9.10. The van der Waals surface area contributed by atoms with Gasteiger partial charge in [0.2, 0.25) is 0 Å². The summed E-state index contributed by atoms with van der Waals surface area (Å²) in [4.78, 5) is 16.7. The van der Waals surface area contributed by atoms with Gasteiger partial charge in [-0.1, -0.05) is 15.9 Å². The summed E-state index contributed by atoms with van der Waals surface area (Å²) in [6.45, 7) is 0.284. The topological polar surface area (TPSA) is 59.4 Å². The molecule has 1 aromatic carbocycles. The Morgan fingerprint density at radius 1 is 1.41 bits per heavy atom. The maximum Gasteiger partial charge on any atom is 0.340 e. The number of nitrogens with zero attached hydrogens (tertiary/aromatic N) is 1. The first-order valence-corrected chi connectivity index (χ1v) is 9.02. The van der Waals surface area contributed by atoms with Gasteiger partial charge in [0, 0.05) is 17.0 Å². The predicted molar refractivity (Wildman–Crippen MR) is 90.4 cm³/mol. The summed E-state index contributed by atoms with van der Waals surface area (Å²) in [5, 5.41) is 10.3. The van der Waals surface area contributed by atoms with Crippen LogP contribution in [0.25, 0.3) is 10.2 Å². The van der Waals surface area contributed by atoms with E-state index in [0.717, 1.165) is 45.4 Å². The second-order valence-electron chi connectivity index (χ2n) is 5.74. The van der Waals surface area contributed by atoms with Crippen LogP contribution in [0.3, 0.4) is 0 Å². The van der Waals surface area contributed by atoms with E-state index in [1.165, 1.54) is 7.11 Å². The van der Waals surface area contributed by atoms with Crippen LogP contribution in [0, 0.1) is 5.92 Å². The quantitative estimate of drug-likeness (QED) is 0.810. The Bertz CT molecular complexity index is 692. The summed E-state index contributed by atoms with van der Waals surface area (Å²) in [5.41, 5.74) is 1.25. The number of thiazole rings is 1. The van der Waals surface area contributed by atoms with E-state index < -0.39 is 0 Å². The first kappa shape index (κ1) is 15.9. The fraction of sp³-hybridized carbons (Fsp3) is 0.500. The van der Waals surface area contributed by atoms with Crippen LogP contribution >= 0.6 is 27.3 Å². The molecule has 0 atom stereocenters. The van der Waals surface area contributed by atoms with Gasteiger partial charge >= 0.3 is 5.97 Å². The number of hydrogen-bond acceptors (Lipinski definition) is 5. The molecule has 0 amide bonds. The minimum Gasteiger partial charge on any atom is -0.465 e. The number of aliphatic hydroxyl groups excluding tert-OH is 1. The Balaban J connectivity index is 1.94. The number of halogens is 1. The van der Waals surface area contributed by atoms with E-state index in [4.69, 9.17) is 9.72 Å². The number of rotatable bonds is 3. The normalized spacial score (nSPS) is 22.0. The van der Waals surface area contributed by atoms with Crippen LogP contribution in [0.2, 0.25) is 0 Å². The monoisotopic (exact) mass is 383 g/mol. The number of benzene rings is 1. The van der Waals surface area contributed by atoms with Crippen molar-refractivity contribution in [2.45, 2.75) is 31.6 Å². The van der Waals surface area contributed by atoms with Crippen LogP contribution in [-0.2, 0) is 4.74 Å². The molecule has 0 spiro atoms. The standard InChI is InChI=1S/C16H18BrNO3S/c1-21-16(20)12-6-11(17)7-13-14(12)18-15(22-13)10-4-2-9(8-19)3-5-10/h6-7,9-10,19H,2-5,8H2,1H3. The molecule has 0 radical (unpaired) electrons. The molecule has 2 aromatic rings. The second kappa shape index (κ2) is 6.64. The lowest BCUT2D eigenvalue weighted by Crippen LogP contribution is -2.15. The highest BCUT2D eigenvalue weighted by Crippen LogP contribution is 2.40. The molecule has 1 heterocycles. The van der Waals surface area contributed by atoms with Crippen LogP contribution in [0.5, 0.6) is 0 Å². The molecule has 1 fully saturated rings. The Labute approximate surface area is 141 Å². The zero-order valence-electron chi connectivity index (χ0n) is 12.3. The van der Waals surface area contributed by atoms with Crippen molar-refractivity contribution in [2.24, 2.45) is 5.92 Å². The van der Waals surface area contributed by atoms with E-state index in [0.29, 0.717) is 17.4 Å². The van der Waals surface area contributed by atoms with Crippen LogP contribution < -0.4 is 0 Å². The molecule has 1 N–H and O–H groups in total. The number of aliphatic hydroxyl groups is 1. The van der Waals surface area contributed by atoms with E-state index in [9.17, 15) is 9.90 Å². The molecule has 6 heteroatoms. The summed E-state index contributed by atoms with van der Waals surface area (Å²) < 4.78 is 6.73. The van der Waals surface area contributed by atoms with Crippen molar-refractivity contribution < 1.29 is 14.6 Å². The molecule has 4 nitrogen and oxygen atoms in total. The minimum absolute atomic E-state index is 0.284. The zero-order chi connectivity index (χ0) is 15.7. The fourth-order valence-corrected chi connectivity index (χ4v) is 4.86. The number of carbonyl (C=O) groups is 1. The molecule has 3 rings (SSSR count). The second-order valence-corrected chi connectivity index (χ2v) is 7.72. The summed E-state index contributed by atoms with van der Waals surface area (Å²) in [6.07, 6.45) is 4.20. The molecule has 0 aliphatic heterocycles. The first-order chi connectivity index (χ1) is 10.6. The molecule has 1 aliphatic rings. The summed E-state index contributed by atoms with van der Waals surface area (Å²) in [5.74, 6) is 0.516. The highest BCUT2D eigenvalue weighted by Gasteiger charge is 2.25. The van der Waals surface area contributed by atoms with Gasteiger partial charge in [-0.25, -0.2) is 9.78 Å². The SMILES string of the molecule is COC(=O)c1cc(Br)cc2sc(C3CCC(CO)CC3)nc12. The van der Waals surface area contributed by atoms with Gasteiger partial charge in [0.15, 0.2) is 0 Å². The third-order valence-electron chi connectivity index (χ3n) is 4.34. The Hall–Kier alpha value is -0.980. The lowest BCUT2D eigenvalue weighted by Gasteiger charge is -2.25. The number of carbonyl (C=O) groups excluding carboxylic acids is 1. The maximum atomic E-state index is 11.9. The summed E-state index contributed by atoms with van der Waals surface area (Å²) in [7, 11) is 1.39. The lowest BCUT2D eigenvalue weighted by atomic mass is 9.83. The number of fused-ring (bicyclic) bond motifs is 1. The number of methoxy groups -OCH3 is 1. The maximum absolute atomic E-state index is 11.9. The van der Waals surface area contributed by atoms with Crippen molar-refractivity contribution >= 4 is 43.5 Å². The lowest BCUT2D eigenvalue weighted by molar-refractivity contribution is 0.0602. The molecule has 22 heavy (non-hydrogen) atoms. The average molecular weight is 384 g/mol. The number of aromatic nitrogens is 1. The number of ether oxygens (including phenoxy) is 1. The van der Waals surface area contributed by atoms with Crippen molar-refractivity contribution in [3.05, 3.63) is 27.2 Å². The van der Waals surface area contributed by atoms with Gasteiger partial charge in [-0.05, 0) is 43.7 Å². The third-order valence-corrected chi connectivity index (χ3v) is 5.96. The molecule has 0 bridgehead atoms. The predicted octanol–water partition coefficient (Wildman–Crippen LogP) is 4.11. The van der Waals surface area contributed by atoms with Gasteiger partial charge in [-0.2, -0.15) is 0 Å². The number of esters is 1. The van der Waals surface area contributed by atoms with Gasteiger partial charge in [-0.15, -0.1) is 11.3 Å². The Morgan fingerprint density at radius 3 is 2.77 bits per heavy atom. The van der Waals surface area contributed by atoms with E-state index in [2.05, 4.69) is 15.9 Å².